The van der Waals surface area contributed by atoms with Gasteiger partial charge in [-0.25, -0.2) is 0 Å². The van der Waals surface area contributed by atoms with E-state index in [1.807, 2.05) is 0 Å². The lowest BCUT2D eigenvalue weighted by atomic mass is 10.6. The predicted octanol–water partition coefficient (Wildman–Crippen LogP) is 0.754. The Balaban J connectivity index is -0.0000000200. The molecule has 2 nitrogen and oxygen atoms in total. The second kappa shape index (κ2) is 39.5. The summed E-state index contributed by atoms with van der Waals surface area (Å²) in [5.41, 5.74) is 0. The second-order valence-corrected chi connectivity index (χ2v) is 0.707. The summed E-state index contributed by atoms with van der Waals surface area (Å²) in [5.74, 6) is 0. The zero-order valence-electron chi connectivity index (χ0n) is 3.91. The predicted molar refractivity (Wildman–Crippen MR) is 24.6 cm³/mol. The zero-order valence-corrected chi connectivity index (χ0v) is 3.91. The van der Waals surface area contributed by atoms with Crippen LogP contribution in [0.3, 0.4) is 0 Å². The third-order valence-electron chi connectivity index (χ3n) is 0. The Hall–Kier alpha value is -0.0800. The lowest BCUT2D eigenvalue weighted by Crippen LogP contribution is -1.27. The van der Waals surface area contributed by atoms with Crippen molar-refractivity contribution in [1.29, 1.82) is 0 Å². The van der Waals surface area contributed by atoms with E-state index in [1.54, 1.807) is 0 Å². The van der Waals surface area contributed by atoms with E-state index in [4.69, 9.17) is 0 Å². The average molecular weight is 79.1 g/mol. The van der Waals surface area contributed by atoms with E-state index in [-0.39, 0.29) is 11.6 Å². The highest BCUT2D eigenvalue weighted by Crippen LogP contribution is 1.56. The van der Waals surface area contributed by atoms with Gasteiger partial charge in [-0.15, -0.1) is 0 Å². The molecule has 0 rings (SSSR count). The SMILES string of the molecule is CCC.N.O. The largest absolute Gasteiger partial charge is 0.412 e. The average Bonchev–Trinajstić information content (AvgIpc) is 0.918. The summed E-state index contributed by atoms with van der Waals surface area (Å²) in [5, 5.41) is 0. The van der Waals surface area contributed by atoms with Crippen LogP contribution in [0.2, 0.25) is 0 Å². The van der Waals surface area contributed by atoms with Crippen molar-refractivity contribution in [3.05, 3.63) is 0 Å². The monoisotopic (exact) mass is 79.1 g/mol. The number of hydrogen-bond donors (Lipinski definition) is 1. The molecular formula is C3H13NO. The van der Waals surface area contributed by atoms with E-state index in [1.165, 1.54) is 6.42 Å². The molecule has 0 bridgehead atoms. The molecule has 0 heterocycles. The summed E-state index contributed by atoms with van der Waals surface area (Å²) in [6, 6.07) is 0. The van der Waals surface area contributed by atoms with Crippen LogP contribution in [0.25, 0.3) is 0 Å². The van der Waals surface area contributed by atoms with Gasteiger partial charge in [0.15, 0.2) is 0 Å². The third-order valence-corrected chi connectivity index (χ3v) is 0. The molecular weight excluding hydrogens is 66.0 g/mol. The van der Waals surface area contributed by atoms with Crippen molar-refractivity contribution in [3.63, 3.8) is 0 Å². The smallest absolute Gasteiger partial charge is 0.0590 e. The molecule has 0 aromatic rings. The molecule has 0 aliphatic carbocycles. The summed E-state index contributed by atoms with van der Waals surface area (Å²) in [6.45, 7) is 4.25. The van der Waals surface area contributed by atoms with Crippen molar-refractivity contribution in [2.75, 3.05) is 0 Å². The van der Waals surface area contributed by atoms with Gasteiger partial charge in [-0.2, -0.15) is 0 Å². The highest BCUT2D eigenvalue weighted by atomic mass is 16.0. The van der Waals surface area contributed by atoms with Crippen LogP contribution in [0.5, 0.6) is 0 Å². The number of hydrogen-bond acceptors (Lipinski definition) is 1. The van der Waals surface area contributed by atoms with E-state index >= 15 is 0 Å². The van der Waals surface area contributed by atoms with Gasteiger partial charge in [-0.3, -0.25) is 0 Å². The molecule has 0 aromatic heterocycles. The summed E-state index contributed by atoms with van der Waals surface area (Å²) in [6.07, 6.45) is 1.25. The maximum Gasteiger partial charge on any atom is -0.0590 e. The Morgan fingerprint density at radius 1 is 1.20 bits per heavy atom. The van der Waals surface area contributed by atoms with Crippen LogP contribution in [0.1, 0.15) is 20.3 Å². The molecule has 0 spiro atoms. The molecule has 0 fully saturated rings. The highest BCUT2D eigenvalue weighted by molar-refractivity contribution is 3.92. The summed E-state index contributed by atoms with van der Waals surface area (Å²) in [7, 11) is 0. The van der Waals surface area contributed by atoms with E-state index in [9.17, 15) is 0 Å². The molecule has 0 radical (unpaired) electrons. The lowest BCUT2D eigenvalue weighted by Gasteiger charge is -1.48. The van der Waals surface area contributed by atoms with Gasteiger partial charge in [0, 0.05) is 0 Å². The fourth-order valence-corrected chi connectivity index (χ4v) is 0. The quantitative estimate of drug-likeness (QED) is 0.457. The molecule has 0 unspecified atom stereocenters. The summed E-state index contributed by atoms with van der Waals surface area (Å²) >= 11 is 0. The van der Waals surface area contributed by atoms with Crippen molar-refractivity contribution >= 4 is 0 Å². The number of rotatable bonds is 0. The Kier molecular flexibility index (Phi) is 162. The van der Waals surface area contributed by atoms with E-state index in [2.05, 4.69) is 13.8 Å². The molecule has 0 amide bonds. The first-order valence-corrected chi connectivity index (χ1v) is 1.41. The minimum Gasteiger partial charge on any atom is -0.412 e. The fourth-order valence-electron chi connectivity index (χ4n) is 0. The Morgan fingerprint density at radius 2 is 1.20 bits per heavy atom. The molecule has 0 saturated heterocycles. The topological polar surface area (TPSA) is 66.5 Å². The molecule has 5 heavy (non-hydrogen) atoms. The normalized spacial score (nSPS) is 3.60. The lowest BCUT2D eigenvalue weighted by molar-refractivity contribution is 0.824. The minimum absolute atomic E-state index is 0. The van der Waals surface area contributed by atoms with Gasteiger partial charge in [0.05, 0.1) is 0 Å². The van der Waals surface area contributed by atoms with Crippen LogP contribution in [0.4, 0.5) is 0 Å². The van der Waals surface area contributed by atoms with Crippen LogP contribution in [0, 0.1) is 0 Å². The van der Waals surface area contributed by atoms with Crippen molar-refractivity contribution in [3.8, 4) is 0 Å². The van der Waals surface area contributed by atoms with Crippen molar-refractivity contribution in [2.45, 2.75) is 20.3 Å². The van der Waals surface area contributed by atoms with Gasteiger partial charge >= 0.3 is 0 Å². The Morgan fingerprint density at radius 3 is 1.20 bits per heavy atom. The van der Waals surface area contributed by atoms with Gasteiger partial charge in [0.25, 0.3) is 0 Å². The van der Waals surface area contributed by atoms with E-state index < -0.39 is 0 Å². The van der Waals surface area contributed by atoms with Gasteiger partial charge < -0.3 is 11.6 Å². The molecule has 2 heteroatoms. The highest BCUT2D eigenvalue weighted by Gasteiger charge is 1.35. The van der Waals surface area contributed by atoms with Gasteiger partial charge in [0.2, 0.25) is 0 Å². The minimum atomic E-state index is 0. The van der Waals surface area contributed by atoms with Crippen molar-refractivity contribution < 1.29 is 5.48 Å². The zero-order chi connectivity index (χ0) is 2.71. The first kappa shape index (κ1) is 20.5. The first-order chi connectivity index (χ1) is 1.41. The molecule has 0 atom stereocenters. The Bertz CT molecular complexity index is 6.85. The maximum absolute atomic E-state index is 2.12. The van der Waals surface area contributed by atoms with Crippen LogP contribution in [-0.2, 0) is 0 Å². The van der Waals surface area contributed by atoms with E-state index in [0.29, 0.717) is 0 Å². The van der Waals surface area contributed by atoms with E-state index in [0.717, 1.165) is 0 Å². The molecule has 0 aromatic carbocycles. The van der Waals surface area contributed by atoms with Crippen LogP contribution in [0.15, 0.2) is 0 Å². The van der Waals surface area contributed by atoms with Gasteiger partial charge in [-0.05, 0) is 0 Å². The van der Waals surface area contributed by atoms with Crippen molar-refractivity contribution in [2.24, 2.45) is 0 Å². The summed E-state index contributed by atoms with van der Waals surface area (Å²) in [4.78, 5) is 0. The molecule has 0 aliphatic rings. The van der Waals surface area contributed by atoms with Crippen LogP contribution < -0.4 is 6.15 Å². The molecule has 5 N–H and O–H groups in total. The van der Waals surface area contributed by atoms with Gasteiger partial charge in [0.1, 0.15) is 0 Å². The molecule has 0 aliphatic heterocycles. The maximum atomic E-state index is 2.12. The van der Waals surface area contributed by atoms with Gasteiger partial charge in [-0.1, -0.05) is 20.3 Å². The van der Waals surface area contributed by atoms with Crippen molar-refractivity contribution in [1.82, 2.24) is 6.15 Å². The summed E-state index contributed by atoms with van der Waals surface area (Å²) < 4.78 is 0. The second-order valence-electron chi connectivity index (χ2n) is 0.707. The fraction of sp³-hybridized carbons (Fsp3) is 1.00. The Labute approximate surface area is 33.1 Å². The first-order valence-electron chi connectivity index (χ1n) is 1.41. The molecule has 0 saturated carbocycles. The third kappa shape index (κ3) is 2260. The van der Waals surface area contributed by atoms with Crippen LogP contribution in [-0.4, -0.2) is 5.48 Å². The molecule has 36 valence electrons. The van der Waals surface area contributed by atoms with Crippen LogP contribution >= 0.6 is 0 Å². The standard InChI is InChI=1S/C3H8.H3N.H2O/c1-3-2;;/h3H2,1-2H3;1H3;1H2.